The van der Waals surface area contributed by atoms with E-state index in [2.05, 4.69) is 31.3 Å². The van der Waals surface area contributed by atoms with Gasteiger partial charge in [-0.2, -0.15) is 0 Å². The highest BCUT2D eigenvalue weighted by molar-refractivity contribution is 7.12. The second-order valence-corrected chi connectivity index (χ2v) is 6.10. The normalized spacial score (nSPS) is 22.6. The SMILES string of the molecule is CCCNC(c1ccc(C)s1)C1CCCCO1. The van der Waals surface area contributed by atoms with Crippen LogP contribution in [0.25, 0.3) is 0 Å². The third kappa shape index (κ3) is 3.54. The molecule has 0 amide bonds. The Morgan fingerprint density at radius 1 is 1.47 bits per heavy atom. The summed E-state index contributed by atoms with van der Waals surface area (Å²) in [5.41, 5.74) is 0. The van der Waals surface area contributed by atoms with Gasteiger partial charge in [-0.05, 0) is 51.3 Å². The van der Waals surface area contributed by atoms with Crippen LogP contribution in [0.1, 0.15) is 48.4 Å². The van der Waals surface area contributed by atoms with Gasteiger partial charge in [0.2, 0.25) is 0 Å². The van der Waals surface area contributed by atoms with Gasteiger partial charge >= 0.3 is 0 Å². The summed E-state index contributed by atoms with van der Waals surface area (Å²) in [6.07, 6.45) is 5.26. The molecule has 0 bridgehead atoms. The molecule has 2 rings (SSSR count). The molecule has 3 heteroatoms. The molecule has 0 aliphatic carbocycles. The Kier molecular flexibility index (Phi) is 5.01. The van der Waals surface area contributed by atoms with Crippen molar-refractivity contribution >= 4 is 11.3 Å². The van der Waals surface area contributed by atoms with Gasteiger partial charge in [-0.3, -0.25) is 0 Å². The topological polar surface area (TPSA) is 21.3 Å². The maximum absolute atomic E-state index is 5.94. The van der Waals surface area contributed by atoms with E-state index in [0.717, 1.165) is 13.2 Å². The largest absolute Gasteiger partial charge is 0.376 e. The Labute approximate surface area is 108 Å². The third-order valence-electron chi connectivity index (χ3n) is 3.27. The number of hydrogen-bond acceptors (Lipinski definition) is 3. The second-order valence-electron chi connectivity index (χ2n) is 4.79. The standard InChI is InChI=1S/C14H23NOS/c1-3-9-15-14(12-6-4-5-10-16-12)13-8-7-11(2)17-13/h7-8,12,14-15H,3-6,9-10H2,1-2H3. The highest BCUT2D eigenvalue weighted by Gasteiger charge is 2.26. The molecule has 1 aliphatic rings. The summed E-state index contributed by atoms with van der Waals surface area (Å²) < 4.78 is 5.94. The minimum atomic E-state index is 0.369. The molecule has 1 saturated heterocycles. The minimum absolute atomic E-state index is 0.369. The van der Waals surface area contributed by atoms with Crippen LogP contribution in [0, 0.1) is 6.92 Å². The monoisotopic (exact) mass is 253 g/mol. The van der Waals surface area contributed by atoms with E-state index in [1.165, 1.54) is 35.4 Å². The van der Waals surface area contributed by atoms with Crippen molar-refractivity contribution in [3.8, 4) is 0 Å². The van der Waals surface area contributed by atoms with Gasteiger partial charge in [-0.15, -0.1) is 11.3 Å². The molecule has 2 atom stereocenters. The zero-order chi connectivity index (χ0) is 12.1. The van der Waals surface area contributed by atoms with Gasteiger partial charge in [0.05, 0.1) is 12.1 Å². The summed E-state index contributed by atoms with van der Waals surface area (Å²) in [5.74, 6) is 0. The summed E-state index contributed by atoms with van der Waals surface area (Å²) >= 11 is 1.90. The van der Waals surface area contributed by atoms with E-state index < -0.39 is 0 Å². The zero-order valence-corrected chi connectivity index (χ0v) is 11.7. The van der Waals surface area contributed by atoms with Crippen LogP contribution in [-0.4, -0.2) is 19.3 Å². The van der Waals surface area contributed by atoms with Crippen molar-refractivity contribution in [2.45, 2.75) is 51.7 Å². The first-order valence-electron chi connectivity index (χ1n) is 6.72. The highest BCUT2D eigenvalue weighted by atomic mass is 32.1. The van der Waals surface area contributed by atoms with Gasteiger partial charge in [0.15, 0.2) is 0 Å². The van der Waals surface area contributed by atoms with Crippen LogP contribution >= 0.6 is 11.3 Å². The second kappa shape index (κ2) is 6.53. The molecule has 17 heavy (non-hydrogen) atoms. The van der Waals surface area contributed by atoms with Crippen molar-refractivity contribution in [3.05, 3.63) is 21.9 Å². The Morgan fingerprint density at radius 2 is 2.35 bits per heavy atom. The van der Waals surface area contributed by atoms with Gasteiger partial charge in [-0.1, -0.05) is 6.92 Å². The summed E-state index contributed by atoms with van der Waals surface area (Å²) in [5, 5.41) is 3.65. The Hall–Kier alpha value is -0.380. The molecule has 2 unspecified atom stereocenters. The molecule has 1 aromatic heterocycles. The summed E-state index contributed by atoms with van der Waals surface area (Å²) in [7, 11) is 0. The third-order valence-corrected chi connectivity index (χ3v) is 4.35. The number of aryl methyl sites for hydroxylation is 1. The lowest BCUT2D eigenvalue weighted by Crippen LogP contribution is -2.35. The van der Waals surface area contributed by atoms with E-state index in [1.54, 1.807) is 0 Å². The number of hydrogen-bond donors (Lipinski definition) is 1. The molecule has 0 radical (unpaired) electrons. The molecule has 1 aromatic rings. The molecule has 0 saturated carbocycles. The fourth-order valence-corrected chi connectivity index (χ4v) is 3.37. The van der Waals surface area contributed by atoms with E-state index in [0.29, 0.717) is 12.1 Å². The average Bonchev–Trinajstić information content (AvgIpc) is 2.78. The van der Waals surface area contributed by atoms with Crippen molar-refractivity contribution in [2.75, 3.05) is 13.2 Å². The van der Waals surface area contributed by atoms with Crippen LogP contribution in [0.3, 0.4) is 0 Å². The van der Waals surface area contributed by atoms with E-state index in [-0.39, 0.29) is 0 Å². The van der Waals surface area contributed by atoms with Crippen LogP contribution in [0.5, 0.6) is 0 Å². The highest BCUT2D eigenvalue weighted by Crippen LogP contribution is 2.30. The van der Waals surface area contributed by atoms with Crippen molar-refractivity contribution in [2.24, 2.45) is 0 Å². The smallest absolute Gasteiger partial charge is 0.0777 e. The molecule has 1 N–H and O–H groups in total. The predicted molar refractivity (Wildman–Crippen MR) is 73.7 cm³/mol. The lowest BCUT2D eigenvalue weighted by Gasteiger charge is -2.30. The van der Waals surface area contributed by atoms with Gasteiger partial charge < -0.3 is 10.1 Å². The van der Waals surface area contributed by atoms with Gasteiger partial charge in [0.25, 0.3) is 0 Å². The fourth-order valence-electron chi connectivity index (χ4n) is 2.36. The zero-order valence-electron chi connectivity index (χ0n) is 10.9. The number of thiophene rings is 1. The van der Waals surface area contributed by atoms with Crippen molar-refractivity contribution in [1.82, 2.24) is 5.32 Å². The Morgan fingerprint density at radius 3 is 2.94 bits per heavy atom. The van der Waals surface area contributed by atoms with Gasteiger partial charge in [0.1, 0.15) is 0 Å². The molecule has 2 nitrogen and oxygen atoms in total. The maximum atomic E-state index is 5.94. The molecule has 0 spiro atoms. The average molecular weight is 253 g/mol. The molecular formula is C14H23NOS. The van der Waals surface area contributed by atoms with E-state index >= 15 is 0 Å². The van der Waals surface area contributed by atoms with Crippen LogP contribution in [0.2, 0.25) is 0 Å². The molecule has 96 valence electrons. The predicted octanol–water partition coefficient (Wildman–Crippen LogP) is 3.67. The maximum Gasteiger partial charge on any atom is 0.0777 e. The first-order chi connectivity index (χ1) is 8.31. The number of ether oxygens (including phenoxy) is 1. The molecule has 0 aromatic carbocycles. The molecule has 1 fully saturated rings. The van der Waals surface area contributed by atoms with Gasteiger partial charge in [0, 0.05) is 16.4 Å². The van der Waals surface area contributed by atoms with Crippen LogP contribution in [-0.2, 0) is 4.74 Å². The molecule has 2 heterocycles. The minimum Gasteiger partial charge on any atom is -0.376 e. The molecular weight excluding hydrogens is 230 g/mol. The van der Waals surface area contributed by atoms with E-state index in [1.807, 2.05) is 11.3 Å². The van der Waals surface area contributed by atoms with Crippen molar-refractivity contribution < 1.29 is 4.74 Å². The van der Waals surface area contributed by atoms with E-state index in [4.69, 9.17) is 4.74 Å². The fraction of sp³-hybridized carbons (Fsp3) is 0.714. The summed E-state index contributed by atoms with van der Waals surface area (Å²) in [6.45, 7) is 6.39. The van der Waals surface area contributed by atoms with Crippen molar-refractivity contribution in [1.29, 1.82) is 0 Å². The van der Waals surface area contributed by atoms with Crippen LogP contribution < -0.4 is 5.32 Å². The number of rotatable bonds is 5. The van der Waals surface area contributed by atoms with Crippen LogP contribution in [0.15, 0.2) is 12.1 Å². The first kappa shape index (κ1) is 13.1. The Balaban J connectivity index is 2.06. The molecule has 1 aliphatic heterocycles. The van der Waals surface area contributed by atoms with Gasteiger partial charge in [-0.25, -0.2) is 0 Å². The lowest BCUT2D eigenvalue weighted by molar-refractivity contribution is -0.00740. The Bertz CT molecular complexity index is 331. The lowest BCUT2D eigenvalue weighted by atomic mass is 10.0. The number of nitrogens with one attached hydrogen (secondary N) is 1. The summed E-state index contributed by atoms with van der Waals surface area (Å²) in [4.78, 5) is 2.82. The van der Waals surface area contributed by atoms with Crippen molar-refractivity contribution in [3.63, 3.8) is 0 Å². The van der Waals surface area contributed by atoms with Crippen LogP contribution in [0.4, 0.5) is 0 Å². The van der Waals surface area contributed by atoms with E-state index in [9.17, 15) is 0 Å². The quantitative estimate of drug-likeness (QED) is 0.864. The summed E-state index contributed by atoms with van der Waals surface area (Å²) in [6, 6.07) is 4.86. The first-order valence-corrected chi connectivity index (χ1v) is 7.54.